The lowest BCUT2D eigenvalue weighted by atomic mass is 10.0. The van der Waals surface area contributed by atoms with E-state index in [1.807, 2.05) is 0 Å². The van der Waals surface area contributed by atoms with Crippen LogP contribution < -0.4 is 5.32 Å². The monoisotopic (exact) mass is 260 g/mol. The zero-order valence-electron chi connectivity index (χ0n) is 11.7. The van der Waals surface area contributed by atoms with Crippen LogP contribution in [0.15, 0.2) is 28.9 Å². The zero-order chi connectivity index (χ0) is 13.7. The number of rotatable bonds is 6. The first kappa shape index (κ1) is 13.8. The lowest BCUT2D eigenvalue weighted by molar-refractivity contribution is 0.199. The highest BCUT2D eigenvalue weighted by Gasteiger charge is 2.11. The average Bonchev–Trinajstić information content (AvgIpc) is 2.86. The second-order valence-corrected chi connectivity index (χ2v) is 4.65. The smallest absolute Gasteiger partial charge is 0.171 e. The first-order chi connectivity index (χ1) is 9.22. The van der Waals surface area contributed by atoms with Crippen LogP contribution in [0.2, 0.25) is 0 Å². The summed E-state index contributed by atoms with van der Waals surface area (Å²) in [6, 6.07) is 6.31. The number of aryl methyl sites for hydroxylation is 2. The molecule has 1 aromatic carbocycles. The predicted molar refractivity (Wildman–Crippen MR) is 75.0 cm³/mol. The topological polar surface area (TPSA) is 47.3 Å². The molecule has 0 aliphatic heterocycles. The summed E-state index contributed by atoms with van der Waals surface area (Å²) in [5, 5.41) is 7.20. The van der Waals surface area contributed by atoms with Gasteiger partial charge < -0.3 is 14.6 Å². The Labute approximate surface area is 113 Å². The molecule has 0 radical (unpaired) electrons. The molecule has 0 aliphatic carbocycles. The third-order valence-electron chi connectivity index (χ3n) is 3.21. The fraction of sp³-hybridized carbons (Fsp3) is 0.400. The molecular formula is C15H20N2O2. The van der Waals surface area contributed by atoms with E-state index in [2.05, 4.69) is 42.5 Å². The Bertz CT molecular complexity index is 535. The molecule has 0 aliphatic rings. The molecule has 0 bridgehead atoms. The van der Waals surface area contributed by atoms with Crippen LogP contribution in [0.1, 0.15) is 16.7 Å². The van der Waals surface area contributed by atoms with Crippen molar-refractivity contribution in [1.82, 2.24) is 10.5 Å². The molecule has 1 N–H and O–H groups in total. The summed E-state index contributed by atoms with van der Waals surface area (Å²) < 4.78 is 10.4. The van der Waals surface area contributed by atoms with Crippen LogP contribution in [-0.4, -0.2) is 25.4 Å². The van der Waals surface area contributed by atoms with Gasteiger partial charge in [-0.15, -0.1) is 0 Å². The van der Waals surface area contributed by atoms with Crippen molar-refractivity contribution in [2.24, 2.45) is 0 Å². The Morgan fingerprint density at radius 3 is 2.84 bits per heavy atom. The molecule has 19 heavy (non-hydrogen) atoms. The van der Waals surface area contributed by atoms with Crippen LogP contribution in [0, 0.1) is 13.8 Å². The lowest BCUT2D eigenvalue weighted by Crippen LogP contribution is -2.18. The summed E-state index contributed by atoms with van der Waals surface area (Å²) in [5.41, 5.74) is 4.68. The van der Waals surface area contributed by atoms with Gasteiger partial charge in [-0.2, -0.15) is 0 Å². The van der Waals surface area contributed by atoms with Crippen molar-refractivity contribution in [3.63, 3.8) is 0 Å². The van der Waals surface area contributed by atoms with Crippen molar-refractivity contribution in [3.8, 4) is 11.3 Å². The number of nitrogens with one attached hydrogen (secondary N) is 1. The van der Waals surface area contributed by atoms with Gasteiger partial charge in [-0.25, -0.2) is 0 Å². The fourth-order valence-electron chi connectivity index (χ4n) is 1.90. The quantitative estimate of drug-likeness (QED) is 0.811. The Morgan fingerprint density at radius 1 is 1.26 bits per heavy atom. The van der Waals surface area contributed by atoms with E-state index in [0.717, 1.165) is 30.0 Å². The van der Waals surface area contributed by atoms with Crippen LogP contribution in [0.4, 0.5) is 0 Å². The van der Waals surface area contributed by atoms with Crippen LogP contribution in [0.3, 0.4) is 0 Å². The Morgan fingerprint density at radius 2 is 2.11 bits per heavy atom. The largest absolute Gasteiger partial charge is 0.383 e. The molecule has 0 saturated carbocycles. The van der Waals surface area contributed by atoms with Gasteiger partial charge >= 0.3 is 0 Å². The van der Waals surface area contributed by atoms with Crippen LogP contribution in [0.25, 0.3) is 11.3 Å². The molecule has 0 amide bonds. The van der Waals surface area contributed by atoms with E-state index in [4.69, 9.17) is 9.26 Å². The third kappa shape index (κ3) is 3.43. The minimum atomic E-state index is 0.699. The number of hydrogen-bond donors (Lipinski definition) is 1. The second-order valence-electron chi connectivity index (χ2n) is 4.65. The Balaban J connectivity index is 2.12. The van der Waals surface area contributed by atoms with Crippen molar-refractivity contribution in [1.29, 1.82) is 0 Å². The number of aromatic nitrogens is 1. The molecule has 4 heteroatoms. The van der Waals surface area contributed by atoms with Gasteiger partial charge in [0.25, 0.3) is 0 Å². The maximum atomic E-state index is 5.38. The molecule has 4 nitrogen and oxygen atoms in total. The Kier molecular flexibility index (Phi) is 4.71. The van der Waals surface area contributed by atoms with Gasteiger partial charge in [0, 0.05) is 31.3 Å². The molecule has 0 fully saturated rings. The van der Waals surface area contributed by atoms with Crippen molar-refractivity contribution in [2.45, 2.75) is 20.4 Å². The van der Waals surface area contributed by atoms with Crippen molar-refractivity contribution in [3.05, 3.63) is 41.1 Å². The van der Waals surface area contributed by atoms with E-state index in [9.17, 15) is 0 Å². The summed E-state index contributed by atoms with van der Waals surface area (Å²) in [6.45, 7) is 6.45. The molecule has 2 rings (SSSR count). The highest BCUT2D eigenvalue weighted by Crippen LogP contribution is 2.25. The van der Waals surface area contributed by atoms with Crippen molar-refractivity contribution < 1.29 is 9.26 Å². The molecule has 2 aromatic rings. The van der Waals surface area contributed by atoms with Crippen LogP contribution in [-0.2, 0) is 11.3 Å². The third-order valence-corrected chi connectivity index (χ3v) is 3.21. The summed E-state index contributed by atoms with van der Waals surface area (Å²) in [7, 11) is 1.70. The first-order valence-electron chi connectivity index (χ1n) is 6.43. The van der Waals surface area contributed by atoms with Gasteiger partial charge in [-0.3, -0.25) is 0 Å². The van der Waals surface area contributed by atoms with Gasteiger partial charge in [0.2, 0.25) is 0 Å². The van der Waals surface area contributed by atoms with E-state index in [-0.39, 0.29) is 0 Å². The minimum absolute atomic E-state index is 0.699. The Hall–Kier alpha value is -1.65. The maximum absolute atomic E-state index is 5.38. The van der Waals surface area contributed by atoms with Gasteiger partial charge in [0.15, 0.2) is 5.76 Å². The van der Waals surface area contributed by atoms with Gasteiger partial charge in [-0.1, -0.05) is 17.3 Å². The van der Waals surface area contributed by atoms with E-state index in [1.165, 1.54) is 11.1 Å². The minimum Gasteiger partial charge on any atom is -0.383 e. The molecule has 102 valence electrons. The summed E-state index contributed by atoms with van der Waals surface area (Å²) >= 11 is 0. The first-order valence-corrected chi connectivity index (χ1v) is 6.43. The lowest BCUT2D eigenvalue weighted by Gasteiger charge is -2.06. The molecule has 0 spiro atoms. The van der Waals surface area contributed by atoms with Gasteiger partial charge in [-0.05, 0) is 31.0 Å². The summed E-state index contributed by atoms with van der Waals surface area (Å²) in [4.78, 5) is 0. The molecule has 1 heterocycles. The average molecular weight is 260 g/mol. The molecule has 0 unspecified atom stereocenters. The SMILES string of the molecule is COCCNCc1cnoc1-c1ccc(C)c(C)c1. The highest BCUT2D eigenvalue weighted by atomic mass is 16.5. The summed E-state index contributed by atoms with van der Waals surface area (Å²) in [5.74, 6) is 0.841. The molecular weight excluding hydrogens is 240 g/mol. The summed E-state index contributed by atoms with van der Waals surface area (Å²) in [6.07, 6.45) is 1.77. The second kappa shape index (κ2) is 6.50. The van der Waals surface area contributed by atoms with Crippen LogP contribution in [0.5, 0.6) is 0 Å². The van der Waals surface area contributed by atoms with E-state index in [1.54, 1.807) is 13.3 Å². The van der Waals surface area contributed by atoms with Gasteiger partial charge in [0.1, 0.15) is 0 Å². The van der Waals surface area contributed by atoms with Gasteiger partial charge in [0.05, 0.1) is 12.8 Å². The standard InChI is InChI=1S/C15H20N2O2/c1-11-4-5-13(8-12(11)2)15-14(10-17-19-15)9-16-6-7-18-3/h4-5,8,10,16H,6-7,9H2,1-3H3. The predicted octanol–water partition coefficient (Wildman–Crippen LogP) is 2.69. The number of methoxy groups -OCH3 is 1. The number of hydrogen-bond acceptors (Lipinski definition) is 4. The molecule has 1 aromatic heterocycles. The molecule has 0 atom stereocenters. The normalized spacial score (nSPS) is 10.9. The van der Waals surface area contributed by atoms with E-state index in [0.29, 0.717) is 6.61 Å². The zero-order valence-corrected chi connectivity index (χ0v) is 11.7. The van der Waals surface area contributed by atoms with E-state index < -0.39 is 0 Å². The number of benzene rings is 1. The maximum Gasteiger partial charge on any atom is 0.171 e. The molecule has 0 saturated heterocycles. The fourth-order valence-corrected chi connectivity index (χ4v) is 1.90. The van der Waals surface area contributed by atoms with E-state index >= 15 is 0 Å². The van der Waals surface area contributed by atoms with Crippen molar-refractivity contribution >= 4 is 0 Å². The highest BCUT2D eigenvalue weighted by molar-refractivity contribution is 5.62. The number of nitrogens with zero attached hydrogens (tertiary/aromatic N) is 1. The number of ether oxygens (including phenoxy) is 1. The van der Waals surface area contributed by atoms with Crippen molar-refractivity contribution in [2.75, 3.05) is 20.3 Å². The van der Waals surface area contributed by atoms with Crippen LogP contribution >= 0.6 is 0 Å².